The van der Waals surface area contributed by atoms with Crippen molar-refractivity contribution < 1.29 is 22.7 Å². The summed E-state index contributed by atoms with van der Waals surface area (Å²) in [5.41, 5.74) is 2.27. The topological polar surface area (TPSA) is 66.2 Å². The van der Waals surface area contributed by atoms with Crippen molar-refractivity contribution in [2.24, 2.45) is 5.92 Å². The van der Waals surface area contributed by atoms with Gasteiger partial charge in [-0.15, -0.1) is 0 Å². The maximum Gasteiger partial charge on any atom is 0.319 e. The van der Waals surface area contributed by atoms with Crippen molar-refractivity contribution in [3.05, 3.63) is 71.1 Å². The van der Waals surface area contributed by atoms with E-state index in [1.807, 2.05) is 4.90 Å². The molecule has 1 amide bonds. The van der Waals surface area contributed by atoms with Crippen molar-refractivity contribution in [2.45, 2.75) is 55.8 Å². The van der Waals surface area contributed by atoms with Crippen LogP contribution in [0.25, 0.3) is 26.9 Å². The molecule has 3 aliphatic heterocycles. The Hall–Kier alpha value is -4.17. The van der Waals surface area contributed by atoms with E-state index in [1.54, 1.807) is 23.1 Å². The minimum Gasteiger partial charge on any atom is -0.461 e. The zero-order chi connectivity index (χ0) is 31.7. The number of fused-ring (bicyclic) bond motifs is 5. The molecule has 3 aromatic rings. The van der Waals surface area contributed by atoms with E-state index in [4.69, 9.17) is 16.3 Å². The first-order chi connectivity index (χ1) is 22.3. The summed E-state index contributed by atoms with van der Waals surface area (Å²) in [7, 11) is 0. The maximum atomic E-state index is 16.8. The number of hydrogen-bond donors (Lipinski definition) is 0. The van der Waals surface area contributed by atoms with Crippen molar-refractivity contribution in [3.63, 3.8) is 0 Å². The van der Waals surface area contributed by atoms with Crippen LogP contribution in [0.5, 0.6) is 6.01 Å². The quantitative estimate of drug-likeness (QED) is 0.261. The Balaban J connectivity index is 1.21. The number of carbonyl (C=O) groups is 1. The lowest BCUT2D eigenvalue weighted by Gasteiger charge is -2.39. The van der Waals surface area contributed by atoms with E-state index in [9.17, 15) is 13.6 Å². The van der Waals surface area contributed by atoms with E-state index >= 15 is 4.39 Å². The standard InChI is InChI=1S/C35H35F3N6O2/c1-3-29(45)44-12-11-42(18-22(44)16-39-2)33-25-6-5-24(23-7-8-28(37)30-26-13-20(26)14-27(23)30)31(38)32(25)40-34(41-33)46-19-35-9-4-10-43(35)17-21(36)15-35/h3,5-8,20-22,26H,1,4,9-19H2/t20-,21+,22-,26-,35-/m0/s1. The van der Waals surface area contributed by atoms with Gasteiger partial charge in [-0.3, -0.25) is 9.69 Å². The highest BCUT2D eigenvalue weighted by Crippen LogP contribution is 2.58. The van der Waals surface area contributed by atoms with Crippen LogP contribution in [0, 0.1) is 24.1 Å². The van der Waals surface area contributed by atoms with Crippen molar-refractivity contribution in [1.29, 1.82) is 0 Å². The van der Waals surface area contributed by atoms with Crippen LogP contribution in [0.4, 0.5) is 19.0 Å². The third-order valence-corrected chi connectivity index (χ3v) is 10.9. The minimum absolute atomic E-state index is 0.000936. The van der Waals surface area contributed by atoms with Crippen LogP contribution in [0.1, 0.15) is 42.7 Å². The molecule has 4 fully saturated rings. The molecular formula is C35H35F3N6O2. The Morgan fingerprint density at radius 3 is 2.83 bits per heavy atom. The second-order valence-corrected chi connectivity index (χ2v) is 13.5. The molecule has 46 heavy (non-hydrogen) atoms. The predicted molar refractivity (Wildman–Crippen MR) is 167 cm³/mol. The van der Waals surface area contributed by atoms with Crippen LogP contribution in [0.2, 0.25) is 0 Å². The summed E-state index contributed by atoms with van der Waals surface area (Å²) in [6.45, 7) is 13.6. The van der Waals surface area contributed by atoms with Gasteiger partial charge in [0.25, 0.3) is 0 Å². The summed E-state index contributed by atoms with van der Waals surface area (Å²) in [5.74, 6) is 0.0870. The van der Waals surface area contributed by atoms with E-state index in [0.717, 1.165) is 43.4 Å². The summed E-state index contributed by atoms with van der Waals surface area (Å²) < 4.78 is 52.3. The molecule has 0 N–H and O–H groups in total. The van der Waals surface area contributed by atoms with Gasteiger partial charge in [0, 0.05) is 43.5 Å². The minimum atomic E-state index is -0.922. The molecule has 0 bridgehead atoms. The van der Waals surface area contributed by atoms with Crippen LogP contribution < -0.4 is 9.64 Å². The molecule has 5 atom stereocenters. The van der Waals surface area contributed by atoms with Crippen LogP contribution in [-0.4, -0.2) is 89.3 Å². The molecule has 238 valence electrons. The molecule has 8 nitrogen and oxygen atoms in total. The number of benzene rings is 2. The molecule has 1 saturated carbocycles. The smallest absolute Gasteiger partial charge is 0.319 e. The van der Waals surface area contributed by atoms with Gasteiger partial charge >= 0.3 is 6.01 Å². The Kier molecular flexibility index (Phi) is 6.98. The Bertz CT molecular complexity index is 1810. The summed E-state index contributed by atoms with van der Waals surface area (Å²) >= 11 is 0. The maximum absolute atomic E-state index is 16.8. The third kappa shape index (κ3) is 4.63. The zero-order valence-electron chi connectivity index (χ0n) is 25.5. The largest absolute Gasteiger partial charge is 0.461 e. The van der Waals surface area contributed by atoms with Gasteiger partial charge in [0.1, 0.15) is 36.0 Å². The molecule has 8 rings (SSSR count). The summed E-state index contributed by atoms with van der Waals surface area (Å²) in [6, 6.07) is 6.20. The number of hydrogen-bond acceptors (Lipinski definition) is 6. The Labute approximate surface area is 265 Å². The second-order valence-electron chi connectivity index (χ2n) is 13.5. The highest BCUT2D eigenvalue weighted by Gasteiger charge is 2.50. The summed E-state index contributed by atoms with van der Waals surface area (Å²) in [5, 5.41) is 0.477. The molecule has 0 unspecified atom stereocenters. The molecule has 0 radical (unpaired) electrons. The molecule has 1 aromatic heterocycles. The number of nitrogens with zero attached hydrogens (tertiary/aromatic N) is 6. The molecule has 3 saturated heterocycles. The van der Waals surface area contributed by atoms with Gasteiger partial charge in [-0.05, 0) is 79.0 Å². The number of ether oxygens (including phenoxy) is 1. The number of carbonyl (C=O) groups excluding carboxylic acids is 1. The van der Waals surface area contributed by atoms with Gasteiger partial charge in [0.15, 0.2) is 5.82 Å². The monoisotopic (exact) mass is 628 g/mol. The fraction of sp³-hybridized carbons (Fsp3) is 0.486. The van der Waals surface area contributed by atoms with Crippen molar-refractivity contribution in [2.75, 3.05) is 50.8 Å². The normalized spacial score (nSPS) is 28.1. The van der Waals surface area contributed by atoms with E-state index < -0.39 is 23.6 Å². The van der Waals surface area contributed by atoms with E-state index in [1.165, 1.54) is 12.1 Å². The van der Waals surface area contributed by atoms with Crippen LogP contribution in [-0.2, 0) is 11.2 Å². The first kappa shape index (κ1) is 29.2. The number of rotatable bonds is 7. The fourth-order valence-electron chi connectivity index (χ4n) is 8.60. The number of piperazine rings is 1. The average Bonchev–Trinajstić information content (AvgIpc) is 3.36. The lowest BCUT2D eigenvalue weighted by molar-refractivity contribution is -0.128. The van der Waals surface area contributed by atoms with Gasteiger partial charge < -0.3 is 19.4 Å². The van der Waals surface area contributed by atoms with Crippen LogP contribution in [0.3, 0.4) is 0 Å². The number of amides is 1. The first-order valence-corrected chi connectivity index (χ1v) is 16.1. The molecule has 0 spiro atoms. The number of aromatic nitrogens is 2. The second kappa shape index (κ2) is 11.0. The van der Waals surface area contributed by atoms with Gasteiger partial charge in [0.05, 0.1) is 5.54 Å². The molecule has 5 aliphatic rings. The van der Waals surface area contributed by atoms with Gasteiger partial charge in [-0.1, -0.05) is 18.7 Å². The average molecular weight is 629 g/mol. The van der Waals surface area contributed by atoms with Gasteiger partial charge in [0.2, 0.25) is 12.5 Å². The first-order valence-electron chi connectivity index (χ1n) is 16.1. The van der Waals surface area contributed by atoms with Crippen molar-refractivity contribution in [1.82, 2.24) is 19.8 Å². The predicted octanol–water partition coefficient (Wildman–Crippen LogP) is 5.31. The van der Waals surface area contributed by atoms with Gasteiger partial charge in [-0.2, -0.15) is 9.97 Å². The molecule has 11 heteroatoms. The molecular weight excluding hydrogens is 593 g/mol. The zero-order valence-corrected chi connectivity index (χ0v) is 25.5. The Morgan fingerprint density at radius 2 is 2.00 bits per heavy atom. The fourth-order valence-corrected chi connectivity index (χ4v) is 8.60. The third-order valence-electron chi connectivity index (χ3n) is 10.9. The van der Waals surface area contributed by atoms with Crippen LogP contribution >= 0.6 is 0 Å². The lowest BCUT2D eigenvalue weighted by atomic mass is 9.93. The number of anilines is 1. The Morgan fingerprint density at radius 1 is 1.15 bits per heavy atom. The SMILES string of the molecule is [C-]#[N+]C[C@H]1CN(c2nc(OC[C@@]34CCCN3C[C@H](F)C4)nc3c(F)c(-c4ccc(F)c5c4C[C@@H]4C[C@H]54)ccc23)CCN1C(=O)C=C. The highest BCUT2D eigenvalue weighted by molar-refractivity contribution is 5.94. The van der Waals surface area contributed by atoms with E-state index in [0.29, 0.717) is 60.8 Å². The summed E-state index contributed by atoms with van der Waals surface area (Å²) in [6.07, 6.45) is 4.18. The molecule has 2 aromatic carbocycles. The number of alkyl halides is 1. The van der Waals surface area contributed by atoms with Gasteiger partial charge in [-0.25, -0.2) is 19.7 Å². The van der Waals surface area contributed by atoms with E-state index in [-0.39, 0.29) is 42.3 Å². The highest BCUT2D eigenvalue weighted by atomic mass is 19.1. The van der Waals surface area contributed by atoms with Crippen molar-refractivity contribution in [3.8, 4) is 17.1 Å². The van der Waals surface area contributed by atoms with Crippen molar-refractivity contribution >= 4 is 22.6 Å². The molecule has 4 heterocycles. The number of halogens is 3. The van der Waals surface area contributed by atoms with E-state index in [2.05, 4.69) is 21.3 Å². The lowest BCUT2D eigenvalue weighted by Crippen LogP contribution is -2.56. The summed E-state index contributed by atoms with van der Waals surface area (Å²) in [4.78, 5) is 31.3. The molecule has 2 aliphatic carbocycles. The van der Waals surface area contributed by atoms with Crippen LogP contribution in [0.15, 0.2) is 36.9 Å².